The summed E-state index contributed by atoms with van der Waals surface area (Å²) in [6, 6.07) is 3.48. The third kappa shape index (κ3) is 1.89. The Kier molecular flexibility index (Phi) is 3.33. The molecule has 0 saturated heterocycles. The van der Waals surface area contributed by atoms with Crippen LogP contribution in [0.1, 0.15) is 27.6 Å². The maximum Gasteiger partial charge on any atom is 0.337 e. The molecule has 82 valence electrons. The number of carbonyl (C=O) groups excluding carboxylic acids is 1. The van der Waals surface area contributed by atoms with Crippen molar-refractivity contribution in [2.75, 3.05) is 0 Å². The van der Waals surface area contributed by atoms with Gasteiger partial charge in [-0.1, -0.05) is 6.07 Å². The number of aliphatic hydroxyl groups is 1. The number of nitriles is 1. The van der Waals surface area contributed by atoms with E-state index in [1.807, 2.05) is 0 Å². The van der Waals surface area contributed by atoms with E-state index in [-0.39, 0.29) is 11.8 Å². The first-order chi connectivity index (χ1) is 7.52. The first-order valence-corrected chi connectivity index (χ1v) is 4.11. The molecular weight excluding hydrogens is 217 g/mol. The predicted molar refractivity (Wildman–Crippen MR) is 49.1 cm³/mol. The Morgan fingerprint density at radius 2 is 2.19 bits per heavy atom. The van der Waals surface area contributed by atoms with Gasteiger partial charge in [0.25, 0.3) is 0 Å². The van der Waals surface area contributed by atoms with E-state index in [0.29, 0.717) is 0 Å². The van der Waals surface area contributed by atoms with Crippen LogP contribution in [0.5, 0.6) is 0 Å². The zero-order valence-electron chi connectivity index (χ0n) is 7.85. The molecule has 0 fully saturated rings. The Bertz CT molecular complexity index is 492. The lowest BCUT2D eigenvalue weighted by atomic mass is 10.0. The maximum absolute atomic E-state index is 13.5. The summed E-state index contributed by atoms with van der Waals surface area (Å²) < 4.78 is 13.5. The number of nitrogens with zero attached hydrogens (tertiary/aromatic N) is 1. The number of carbonyl (C=O) groups is 2. The maximum atomic E-state index is 13.5. The van der Waals surface area contributed by atoms with E-state index >= 15 is 0 Å². The van der Waals surface area contributed by atoms with Crippen LogP contribution < -0.4 is 0 Å². The summed E-state index contributed by atoms with van der Waals surface area (Å²) in [6.07, 6.45) is -1.79. The van der Waals surface area contributed by atoms with Gasteiger partial charge in [0.2, 0.25) is 0 Å². The molecule has 0 saturated carbocycles. The van der Waals surface area contributed by atoms with Crippen LogP contribution in [0.3, 0.4) is 0 Å². The highest BCUT2D eigenvalue weighted by molar-refractivity contribution is 5.81. The van der Waals surface area contributed by atoms with Gasteiger partial charge < -0.3 is 10.2 Å². The van der Waals surface area contributed by atoms with E-state index in [2.05, 4.69) is 0 Å². The van der Waals surface area contributed by atoms with Gasteiger partial charge in [-0.2, -0.15) is 5.26 Å². The number of halogens is 1. The number of rotatable bonds is 3. The van der Waals surface area contributed by atoms with Gasteiger partial charge in [-0.3, -0.25) is 4.79 Å². The summed E-state index contributed by atoms with van der Waals surface area (Å²) in [6.45, 7) is 0. The van der Waals surface area contributed by atoms with Gasteiger partial charge in [0.1, 0.15) is 11.9 Å². The van der Waals surface area contributed by atoms with Gasteiger partial charge in [-0.05, 0) is 6.07 Å². The third-order valence-electron chi connectivity index (χ3n) is 1.97. The van der Waals surface area contributed by atoms with E-state index < -0.39 is 29.0 Å². The van der Waals surface area contributed by atoms with Crippen molar-refractivity contribution >= 4 is 12.3 Å². The van der Waals surface area contributed by atoms with Crippen molar-refractivity contribution in [1.29, 1.82) is 5.26 Å². The Balaban J connectivity index is 3.42. The first kappa shape index (κ1) is 11.8. The monoisotopic (exact) mass is 223 g/mol. The summed E-state index contributed by atoms with van der Waals surface area (Å²) in [4.78, 5) is 20.9. The minimum atomic E-state index is -2.06. The third-order valence-corrected chi connectivity index (χ3v) is 1.97. The highest BCUT2D eigenvalue weighted by Gasteiger charge is 2.23. The fourth-order valence-electron chi connectivity index (χ4n) is 1.16. The van der Waals surface area contributed by atoms with Gasteiger partial charge in [0.05, 0.1) is 5.56 Å². The average Bonchev–Trinajstić information content (AvgIpc) is 2.27. The van der Waals surface area contributed by atoms with Gasteiger partial charge >= 0.3 is 5.97 Å². The zero-order valence-corrected chi connectivity index (χ0v) is 7.85. The number of carboxylic acid groups (broad SMARTS) is 1. The van der Waals surface area contributed by atoms with Crippen LogP contribution in [0.15, 0.2) is 12.1 Å². The second-order valence-corrected chi connectivity index (χ2v) is 2.90. The van der Waals surface area contributed by atoms with Gasteiger partial charge in [-0.15, -0.1) is 0 Å². The molecule has 1 unspecified atom stereocenters. The van der Waals surface area contributed by atoms with Crippen LogP contribution in [0.25, 0.3) is 0 Å². The topological polar surface area (TPSA) is 98.4 Å². The van der Waals surface area contributed by atoms with Crippen molar-refractivity contribution in [3.63, 3.8) is 0 Å². The van der Waals surface area contributed by atoms with Crippen LogP contribution in [-0.4, -0.2) is 22.5 Å². The molecule has 0 amide bonds. The molecule has 1 rings (SSSR count). The number of benzene rings is 1. The lowest BCUT2D eigenvalue weighted by Crippen LogP contribution is -2.13. The number of carboxylic acids is 1. The van der Waals surface area contributed by atoms with E-state index in [9.17, 15) is 14.0 Å². The van der Waals surface area contributed by atoms with Crippen LogP contribution in [0.2, 0.25) is 0 Å². The molecule has 6 heteroatoms. The van der Waals surface area contributed by atoms with Crippen molar-refractivity contribution in [1.82, 2.24) is 0 Å². The van der Waals surface area contributed by atoms with Crippen LogP contribution in [0, 0.1) is 17.1 Å². The Morgan fingerprint density at radius 3 is 2.62 bits per heavy atom. The van der Waals surface area contributed by atoms with Crippen molar-refractivity contribution in [2.24, 2.45) is 0 Å². The zero-order chi connectivity index (χ0) is 12.3. The van der Waals surface area contributed by atoms with E-state index in [0.717, 1.165) is 12.1 Å². The average molecular weight is 223 g/mol. The fourth-order valence-corrected chi connectivity index (χ4v) is 1.16. The molecular formula is C10H6FNO4. The van der Waals surface area contributed by atoms with Gasteiger partial charge in [0.15, 0.2) is 12.4 Å². The molecule has 1 aromatic carbocycles. The van der Waals surface area contributed by atoms with Gasteiger partial charge in [0, 0.05) is 11.1 Å². The quantitative estimate of drug-likeness (QED) is 0.732. The Morgan fingerprint density at radius 1 is 1.56 bits per heavy atom. The molecule has 0 aromatic heterocycles. The van der Waals surface area contributed by atoms with E-state index in [1.54, 1.807) is 0 Å². The lowest BCUT2D eigenvalue weighted by Gasteiger charge is -2.08. The molecule has 0 heterocycles. The van der Waals surface area contributed by atoms with Crippen LogP contribution in [-0.2, 0) is 4.79 Å². The van der Waals surface area contributed by atoms with Gasteiger partial charge in [-0.25, -0.2) is 9.18 Å². The second-order valence-electron chi connectivity index (χ2n) is 2.90. The summed E-state index contributed by atoms with van der Waals surface area (Å²) >= 11 is 0. The minimum Gasteiger partial charge on any atom is -0.479 e. The highest BCUT2D eigenvalue weighted by Crippen LogP contribution is 2.22. The van der Waals surface area contributed by atoms with E-state index in [4.69, 9.17) is 15.5 Å². The second kappa shape index (κ2) is 4.51. The SMILES string of the molecule is N#Cc1c(C=O)ccc(C(O)C(=O)O)c1F. The number of aliphatic carboxylic acids is 1. The van der Waals surface area contributed by atoms with Crippen molar-refractivity contribution in [2.45, 2.75) is 6.10 Å². The van der Waals surface area contributed by atoms with E-state index in [1.165, 1.54) is 6.07 Å². The van der Waals surface area contributed by atoms with Crippen LogP contribution >= 0.6 is 0 Å². The largest absolute Gasteiger partial charge is 0.479 e. The molecule has 0 bridgehead atoms. The fraction of sp³-hybridized carbons (Fsp3) is 0.100. The molecule has 16 heavy (non-hydrogen) atoms. The molecule has 0 radical (unpaired) electrons. The summed E-state index contributed by atoms with van der Waals surface area (Å²) in [5.41, 5.74) is -1.32. The predicted octanol–water partition coefficient (Wildman–Crippen LogP) is 0.628. The first-order valence-electron chi connectivity index (χ1n) is 4.11. The molecule has 0 aliphatic carbocycles. The summed E-state index contributed by atoms with van der Waals surface area (Å²) in [7, 11) is 0. The Hall–Kier alpha value is -2.26. The lowest BCUT2D eigenvalue weighted by molar-refractivity contribution is -0.147. The molecule has 2 N–H and O–H groups in total. The summed E-state index contributed by atoms with van der Waals surface area (Å²) in [5, 5.41) is 26.2. The molecule has 0 spiro atoms. The minimum absolute atomic E-state index is 0.193. The van der Waals surface area contributed by atoms with Crippen LogP contribution in [0.4, 0.5) is 4.39 Å². The molecule has 1 aromatic rings. The molecule has 0 aliphatic rings. The van der Waals surface area contributed by atoms with Crippen molar-refractivity contribution < 1.29 is 24.2 Å². The molecule has 0 aliphatic heterocycles. The smallest absolute Gasteiger partial charge is 0.337 e. The van der Waals surface area contributed by atoms with Crippen molar-refractivity contribution in [3.05, 3.63) is 34.6 Å². The number of hydrogen-bond donors (Lipinski definition) is 2. The summed E-state index contributed by atoms with van der Waals surface area (Å²) in [5.74, 6) is -2.83. The molecule has 5 nitrogen and oxygen atoms in total. The Labute approximate surface area is 89.4 Å². The number of hydrogen-bond acceptors (Lipinski definition) is 4. The highest BCUT2D eigenvalue weighted by atomic mass is 19.1. The molecule has 1 atom stereocenters. The number of aldehydes is 1. The number of aliphatic hydroxyl groups excluding tert-OH is 1. The normalized spacial score (nSPS) is 11.6. The standard InChI is InChI=1S/C10H6FNO4/c11-8-6(9(14)10(15)16)2-1-5(4-13)7(8)3-12/h1-2,4,9,14H,(H,15,16). The van der Waals surface area contributed by atoms with Crippen molar-refractivity contribution in [3.8, 4) is 6.07 Å².